The van der Waals surface area contributed by atoms with Crippen LogP contribution in [-0.4, -0.2) is 23.4 Å². The normalized spacial score (nSPS) is 13.2. The molecule has 0 saturated heterocycles. The summed E-state index contributed by atoms with van der Waals surface area (Å²) in [5.74, 6) is -1.67. The first kappa shape index (κ1) is 25.1. The molecule has 0 fully saturated rings. The first-order chi connectivity index (χ1) is 15.0. The Morgan fingerprint density at radius 2 is 1.50 bits per heavy atom. The van der Waals surface area contributed by atoms with E-state index in [1.165, 1.54) is 0 Å². The Bertz CT molecular complexity index is 932. The first-order valence-corrected chi connectivity index (χ1v) is 11.0. The molecule has 0 bridgehead atoms. The topological polar surface area (TPSA) is 84.5 Å². The zero-order chi connectivity index (χ0) is 23.9. The summed E-state index contributed by atoms with van der Waals surface area (Å²) in [6.45, 7) is 11.1. The smallest absolute Gasteiger partial charge is 0.310 e. The van der Waals surface area contributed by atoms with E-state index in [1.54, 1.807) is 45.0 Å². The van der Waals surface area contributed by atoms with Crippen molar-refractivity contribution in [3.8, 4) is 0 Å². The van der Waals surface area contributed by atoms with E-state index in [0.29, 0.717) is 11.3 Å². The summed E-state index contributed by atoms with van der Waals surface area (Å²) in [5, 5.41) is 5.76. The lowest BCUT2D eigenvalue weighted by molar-refractivity contribution is -0.162. The number of hydrogen-bond acceptors (Lipinski definition) is 4. The average molecular weight is 439 g/mol. The minimum Gasteiger partial charge on any atom is -0.460 e. The molecule has 6 heteroatoms. The molecule has 0 aliphatic heterocycles. The van der Waals surface area contributed by atoms with Crippen molar-refractivity contribution >= 4 is 23.5 Å². The summed E-state index contributed by atoms with van der Waals surface area (Å²) < 4.78 is 5.48. The molecule has 2 amide bonds. The van der Waals surface area contributed by atoms with E-state index in [-0.39, 0.29) is 30.2 Å². The van der Waals surface area contributed by atoms with Gasteiger partial charge in [0.05, 0.1) is 23.2 Å². The molecule has 0 spiro atoms. The Morgan fingerprint density at radius 3 is 2.09 bits per heavy atom. The molecule has 2 aromatic carbocycles. The lowest BCUT2D eigenvalue weighted by Crippen LogP contribution is -2.33. The lowest BCUT2D eigenvalue weighted by atomic mass is 9.92. The van der Waals surface area contributed by atoms with E-state index < -0.39 is 17.5 Å². The predicted molar refractivity (Wildman–Crippen MR) is 126 cm³/mol. The van der Waals surface area contributed by atoms with Gasteiger partial charge in [-0.2, -0.15) is 0 Å². The summed E-state index contributed by atoms with van der Waals surface area (Å²) in [6, 6.07) is 16.3. The number of carbonyl (C=O) groups excluding carboxylic acids is 3. The van der Waals surface area contributed by atoms with Crippen LogP contribution in [0.1, 0.15) is 69.9 Å². The van der Waals surface area contributed by atoms with Gasteiger partial charge < -0.3 is 15.4 Å². The number of carbonyl (C=O) groups is 3. The third-order valence-corrected chi connectivity index (χ3v) is 5.01. The van der Waals surface area contributed by atoms with Gasteiger partial charge in [-0.15, -0.1) is 0 Å². The minimum absolute atomic E-state index is 0.0248. The summed E-state index contributed by atoms with van der Waals surface area (Å²) in [6.07, 6.45) is -0.0248. The van der Waals surface area contributed by atoms with Gasteiger partial charge in [0.1, 0.15) is 5.60 Å². The van der Waals surface area contributed by atoms with Crippen molar-refractivity contribution < 1.29 is 19.1 Å². The molecule has 2 aromatic rings. The average Bonchev–Trinajstić information content (AvgIpc) is 2.71. The van der Waals surface area contributed by atoms with Gasteiger partial charge in [-0.1, -0.05) is 56.3 Å². The van der Waals surface area contributed by atoms with Crippen molar-refractivity contribution in [2.45, 2.75) is 59.6 Å². The zero-order valence-corrected chi connectivity index (χ0v) is 19.8. The second-order valence-corrected chi connectivity index (χ2v) is 9.29. The Morgan fingerprint density at radius 1 is 0.906 bits per heavy atom. The largest absolute Gasteiger partial charge is 0.460 e. The van der Waals surface area contributed by atoms with Crippen LogP contribution in [0, 0.1) is 11.8 Å². The number of amides is 2. The first-order valence-electron chi connectivity index (χ1n) is 11.0. The minimum atomic E-state index is -0.624. The standard InChI is InChI=1S/C26H34N2O4/c1-17(2)21(25(31)32-26(4,5)6)16-23(29)28-22-15-11-10-14-20(22)24(30)27-18(3)19-12-8-7-9-13-19/h7-15,17-18,21H,16H2,1-6H3,(H,27,30)(H,28,29). The number of para-hydroxylation sites is 1. The number of nitrogens with one attached hydrogen (secondary N) is 2. The lowest BCUT2D eigenvalue weighted by Gasteiger charge is -2.25. The number of esters is 1. The molecule has 0 saturated carbocycles. The summed E-state index contributed by atoms with van der Waals surface area (Å²) >= 11 is 0. The number of anilines is 1. The highest BCUT2D eigenvalue weighted by Crippen LogP contribution is 2.23. The second-order valence-electron chi connectivity index (χ2n) is 9.29. The maximum atomic E-state index is 12.9. The van der Waals surface area contributed by atoms with Crippen molar-refractivity contribution in [2.24, 2.45) is 11.8 Å². The van der Waals surface area contributed by atoms with Crippen LogP contribution in [0.3, 0.4) is 0 Å². The van der Waals surface area contributed by atoms with Gasteiger partial charge in [0, 0.05) is 6.42 Å². The highest BCUT2D eigenvalue weighted by Gasteiger charge is 2.30. The molecule has 32 heavy (non-hydrogen) atoms. The molecule has 0 radical (unpaired) electrons. The van der Waals surface area contributed by atoms with Gasteiger partial charge in [0.2, 0.25) is 5.91 Å². The fraction of sp³-hybridized carbons (Fsp3) is 0.423. The van der Waals surface area contributed by atoms with E-state index in [0.717, 1.165) is 5.56 Å². The van der Waals surface area contributed by atoms with Crippen LogP contribution in [0.5, 0.6) is 0 Å². The SMILES string of the molecule is CC(NC(=O)c1ccccc1NC(=O)CC(C(=O)OC(C)(C)C)C(C)C)c1ccccc1. The molecular weight excluding hydrogens is 404 g/mol. The van der Waals surface area contributed by atoms with Crippen LogP contribution in [0.4, 0.5) is 5.69 Å². The van der Waals surface area contributed by atoms with Gasteiger partial charge in [-0.05, 0) is 51.3 Å². The third-order valence-electron chi connectivity index (χ3n) is 5.01. The molecule has 0 aromatic heterocycles. The Hall–Kier alpha value is -3.15. The number of hydrogen-bond donors (Lipinski definition) is 2. The van der Waals surface area contributed by atoms with Crippen LogP contribution in [0.2, 0.25) is 0 Å². The molecular formula is C26H34N2O4. The van der Waals surface area contributed by atoms with Crippen molar-refractivity contribution in [1.82, 2.24) is 5.32 Å². The Balaban J connectivity index is 2.10. The van der Waals surface area contributed by atoms with Crippen molar-refractivity contribution in [3.05, 3.63) is 65.7 Å². The number of rotatable bonds is 8. The van der Waals surface area contributed by atoms with Crippen LogP contribution >= 0.6 is 0 Å². The van der Waals surface area contributed by atoms with Crippen LogP contribution in [0.25, 0.3) is 0 Å². The highest BCUT2D eigenvalue weighted by atomic mass is 16.6. The van der Waals surface area contributed by atoms with E-state index in [4.69, 9.17) is 4.74 Å². The maximum Gasteiger partial charge on any atom is 0.310 e. The van der Waals surface area contributed by atoms with Gasteiger partial charge in [-0.3, -0.25) is 14.4 Å². The van der Waals surface area contributed by atoms with E-state index in [2.05, 4.69) is 10.6 Å². The van der Waals surface area contributed by atoms with E-state index in [1.807, 2.05) is 51.1 Å². The monoisotopic (exact) mass is 438 g/mol. The maximum absolute atomic E-state index is 12.9. The predicted octanol–water partition coefficient (Wildman–Crippen LogP) is 5.12. The van der Waals surface area contributed by atoms with Crippen LogP contribution in [-0.2, 0) is 14.3 Å². The third kappa shape index (κ3) is 7.52. The zero-order valence-electron chi connectivity index (χ0n) is 19.8. The Kier molecular flexibility index (Phi) is 8.58. The molecule has 6 nitrogen and oxygen atoms in total. The molecule has 0 aliphatic carbocycles. The van der Waals surface area contributed by atoms with Gasteiger partial charge >= 0.3 is 5.97 Å². The molecule has 172 valence electrons. The fourth-order valence-corrected chi connectivity index (χ4v) is 3.26. The molecule has 2 N–H and O–H groups in total. The molecule has 2 unspecified atom stereocenters. The molecule has 0 heterocycles. The van der Waals surface area contributed by atoms with Crippen molar-refractivity contribution in [3.63, 3.8) is 0 Å². The molecule has 2 rings (SSSR count). The van der Waals surface area contributed by atoms with Gasteiger partial charge in [0.15, 0.2) is 0 Å². The van der Waals surface area contributed by atoms with E-state index in [9.17, 15) is 14.4 Å². The van der Waals surface area contributed by atoms with Gasteiger partial charge in [0.25, 0.3) is 5.91 Å². The quantitative estimate of drug-likeness (QED) is 0.560. The molecule has 0 aliphatic rings. The Labute approximate surface area is 190 Å². The highest BCUT2D eigenvalue weighted by molar-refractivity contribution is 6.04. The van der Waals surface area contributed by atoms with E-state index >= 15 is 0 Å². The van der Waals surface area contributed by atoms with Crippen LogP contribution in [0.15, 0.2) is 54.6 Å². The molecule has 2 atom stereocenters. The summed E-state index contributed by atoms with van der Waals surface area (Å²) in [5.41, 5.74) is 1.13. The summed E-state index contributed by atoms with van der Waals surface area (Å²) in [7, 11) is 0. The number of benzene rings is 2. The fourth-order valence-electron chi connectivity index (χ4n) is 3.26. The van der Waals surface area contributed by atoms with Crippen LogP contribution < -0.4 is 10.6 Å². The van der Waals surface area contributed by atoms with Crippen molar-refractivity contribution in [1.29, 1.82) is 0 Å². The van der Waals surface area contributed by atoms with Crippen molar-refractivity contribution in [2.75, 3.05) is 5.32 Å². The van der Waals surface area contributed by atoms with Gasteiger partial charge in [-0.25, -0.2) is 0 Å². The summed E-state index contributed by atoms with van der Waals surface area (Å²) in [4.78, 5) is 38.2. The number of ether oxygens (including phenoxy) is 1. The second kappa shape index (κ2) is 10.9.